The maximum absolute atomic E-state index is 11.3. The monoisotopic (exact) mass is 496 g/mol. The van der Waals surface area contributed by atoms with Gasteiger partial charge in [-0.1, -0.05) is 88.0 Å². The Morgan fingerprint density at radius 2 is 1.77 bits per heavy atom. The first kappa shape index (κ1) is 34.1. The minimum atomic E-state index is -0.346. The van der Waals surface area contributed by atoms with E-state index >= 15 is 0 Å². The quantitative estimate of drug-likeness (QED) is 0.168. The van der Waals surface area contributed by atoms with Crippen LogP contribution in [-0.4, -0.2) is 50.1 Å². The van der Waals surface area contributed by atoms with Crippen LogP contribution in [0.3, 0.4) is 0 Å². The van der Waals surface area contributed by atoms with Crippen LogP contribution in [0.5, 0.6) is 0 Å². The second-order valence-electron chi connectivity index (χ2n) is 12.0. The van der Waals surface area contributed by atoms with E-state index in [9.17, 15) is 9.59 Å². The third-order valence-electron chi connectivity index (χ3n) is 8.12. The van der Waals surface area contributed by atoms with E-state index in [4.69, 9.17) is 4.74 Å². The second-order valence-corrected chi connectivity index (χ2v) is 12.0. The molecule has 1 N–H and O–H groups in total. The van der Waals surface area contributed by atoms with Crippen molar-refractivity contribution in [1.29, 1.82) is 0 Å². The predicted molar refractivity (Wildman–Crippen MR) is 149 cm³/mol. The number of carbonyl (C=O) groups excluding carboxylic acids is 2. The summed E-state index contributed by atoms with van der Waals surface area (Å²) in [7, 11) is 0. The lowest BCUT2D eigenvalue weighted by Gasteiger charge is -2.44. The Balaban J connectivity index is 0.000000522. The zero-order valence-electron chi connectivity index (χ0n) is 24.9. The van der Waals surface area contributed by atoms with Crippen LogP contribution < -0.4 is 5.32 Å². The second kappa shape index (κ2) is 18.3. The van der Waals surface area contributed by atoms with Crippen LogP contribution in [0.1, 0.15) is 120 Å². The van der Waals surface area contributed by atoms with Crippen molar-refractivity contribution >= 4 is 12.2 Å². The molecule has 1 saturated carbocycles. The van der Waals surface area contributed by atoms with E-state index in [-0.39, 0.29) is 11.3 Å². The number of ether oxygens (including phenoxy) is 1. The third kappa shape index (κ3) is 13.3. The molecule has 208 valence electrons. The number of aldehydes is 1. The van der Waals surface area contributed by atoms with E-state index in [2.05, 4.69) is 46.9 Å². The molecule has 35 heavy (non-hydrogen) atoms. The fourth-order valence-electron chi connectivity index (χ4n) is 4.59. The Morgan fingerprint density at radius 1 is 1.14 bits per heavy atom. The molecule has 0 aromatic heterocycles. The van der Waals surface area contributed by atoms with Crippen LogP contribution in [0.2, 0.25) is 0 Å². The topological polar surface area (TPSA) is 58.6 Å². The van der Waals surface area contributed by atoms with Crippen molar-refractivity contribution in [2.24, 2.45) is 28.6 Å². The van der Waals surface area contributed by atoms with Gasteiger partial charge in [0.25, 0.3) is 0 Å². The highest BCUT2D eigenvalue weighted by molar-refractivity contribution is 5.78. The molecule has 0 radical (unpaired) electrons. The lowest BCUT2D eigenvalue weighted by atomic mass is 9.61. The number of rotatable bonds is 13. The number of amides is 1. The number of hydrogen-bond donors (Lipinski definition) is 1. The molecule has 0 spiro atoms. The first-order valence-corrected chi connectivity index (χ1v) is 14.5. The van der Waals surface area contributed by atoms with E-state index < -0.39 is 0 Å². The standard InChI is InChI=1S/C13H27NO2.C9H18.C8H15NO/c1-5-7-8-14-11-16-10-13(4,9-15)12(3)6-2;1-4-5-8-6-7-9(8,2)3;1-7(2)8(10)9-5-3-4-6-9/h9,12,14H,5-8,10-11H2,1-4H3;8H,4-7H2,1-3H3;7H,3-6H2,1-2H3/t12-,13?;;/m1../s1. The Bertz CT molecular complexity index is 558. The summed E-state index contributed by atoms with van der Waals surface area (Å²) in [6.45, 7) is 23.3. The van der Waals surface area contributed by atoms with Gasteiger partial charge in [-0.05, 0) is 55.9 Å². The van der Waals surface area contributed by atoms with Gasteiger partial charge in [0.2, 0.25) is 5.91 Å². The van der Waals surface area contributed by atoms with E-state index in [1.807, 2.05) is 25.7 Å². The fraction of sp³-hybridized carbons (Fsp3) is 0.933. The van der Waals surface area contributed by atoms with Crippen LogP contribution in [-0.2, 0) is 14.3 Å². The smallest absolute Gasteiger partial charge is 0.225 e. The van der Waals surface area contributed by atoms with Crippen molar-refractivity contribution in [1.82, 2.24) is 10.2 Å². The zero-order valence-corrected chi connectivity index (χ0v) is 24.9. The van der Waals surface area contributed by atoms with Gasteiger partial charge in [-0.15, -0.1) is 0 Å². The normalized spacial score (nSPS) is 21.1. The Morgan fingerprint density at radius 3 is 2.14 bits per heavy atom. The summed E-state index contributed by atoms with van der Waals surface area (Å²) >= 11 is 0. The minimum absolute atomic E-state index is 0.179. The lowest BCUT2D eigenvalue weighted by Crippen LogP contribution is -2.34. The van der Waals surface area contributed by atoms with Crippen LogP contribution in [0.25, 0.3) is 0 Å². The average molecular weight is 497 g/mol. The molecular formula is C30H60N2O3. The van der Waals surface area contributed by atoms with E-state index in [1.54, 1.807) is 0 Å². The number of hydrogen-bond acceptors (Lipinski definition) is 4. The average Bonchev–Trinajstić information content (AvgIpc) is 3.38. The molecule has 2 rings (SSSR count). The van der Waals surface area contributed by atoms with Gasteiger partial charge in [0, 0.05) is 24.4 Å². The zero-order chi connectivity index (χ0) is 26.9. The highest BCUT2D eigenvalue weighted by Gasteiger charge is 2.37. The molecular weight excluding hydrogens is 436 g/mol. The van der Waals surface area contributed by atoms with Gasteiger partial charge in [-0.25, -0.2) is 0 Å². The van der Waals surface area contributed by atoms with Crippen molar-refractivity contribution in [3.05, 3.63) is 0 Å². The molecule has 5 nitrogen and oxygen atoms in total. The van der Waals surface area contributed by atoms with Crippen LogP contribution in [0.4, 0.5) is 0 Å². The molecule has 3 atom stereocenters. The third-order valence-corrected chi connectivity index (χ3v) is 8.12. The Kier molecular flexibility index (Phi) is 17.8. The summed E-state index contributed by atoms with van der Waals surface area (Å²) in [5, 5.41) is 3.20. The predicted octanol–water partition coefficient (Wildman–Crippen LogP) is 7.09. The number of nitrogens with zero attached hydrogens (tertiary/aromatic N) is 1. The molecule has 2 aliphatic rings. The number of unbranched alkanes of at least 4 members (excludes halogenated alkanes) is 1. The first-order chi connectivity index (χ1) is 16.5. The van der Waals surface area contributed by atoms with E-state index in [0.717, 1.165) is 38.3 Å². The summed E-state index contributed by atoms with van der Waals surface area (Å²) in [6.07, 6.45) is 12.5. The number of likely N-dealkylation sites (tertiary alicyclic amines) is 1. The van der Waals surface area contributed by atoms with Gasteiger partial charge < -0.3 is 14.4 Å². The first-order valence-electron chi connectivity index (χ1n) is 14.5. The molecule has 1 saturated heterocycles. The lowest BCUT2D eigenvalue weighted by molar-refractivity contribution is -0.133. The number of nitrogens with one attached hydrogen (secondary N) is 1. The maximum atomic E-state index is 11.3. The molecule has 2 fully saturated rings. The fourth-order valence-corrected chi connectivity index (χ4v) is 4.59. The van der Waals surface area contributed by atoms with Gasteiger partial charge in [-0.3, -0.25) is 10.1 Å². The summed E-state index contributed by atoms with van der Waals surface area (Å²) in [5.74, 6) is 1.90. The van der Waals surface area contributed by atoms with Gasteiger partial charge >= 0.3 is 0 Å². The molecule has 0 aromatic carbocycles. The van der Waals surface area contributed by atoms with Gasteiger partial charge in [0.15, 0.2) is 0 Å². The van der Waals surface area contributed by atoms with E-state index in [0.29, 0.717) is 30.6 Å². The molecule has 1 heterocycles. The maximum Gasteiger partial charge on any atom is 0.225 e. The largest absolute Gasteiger partial charge is 0.365 e. The van der Waals surface area contributed by atoms with Crippen molar-refractivity contribution in [2.45, 2.75) is 120 Å². The Labute approximate surface area is 218 Å². The van der Waals surface area contributed by atoms with Crippen molar-refractivity contribution < 1.29 is 14.3 Å². The molecule has 2 unspecified atom stereocenters. The molecule has 1 aliphatic heterocycles. The highest BCUT2D eigenvalue weighted by Crippen LogP contribution is 2.48. The molecule has 1 amide bonds. The van der Waals surface area contributed by atoms with Gasteiger partial charge in [0.05, 0.1) is 13.3 Å². The number of carbonyl (C=O) groups is 2. The summed E-state index contributed by atoms with van der Waals surface area (Å²) < 4.78 is 5.52. The summed E-state index contributed by atoms with van der Waals surface area (Å²) in [4.78, 5) is 24.3. The highest BCUT2D eigenvalue weighted by atomic mass is 16.5. The molecule has 0 bridgehead atoms. The van der Waals surface area contributed by atoms with Crippen molar-refractivity contribution in [2.75, 3.05) is 33.0 Å². The summed E-state index contributed by atoms with van der Waals surface area (Å²) in [5.41, 5.74) is 0.344. The van der Waals surface area contributed by atoms with Crippen molar-refractivity contribution in [3.8, 4) is 0 Å². The minimum Gasteiger partial charge on any atom is -0.365 e. The molecule has 5 heteroatoms. The van der Waals surface area contributed by atoms with Gasteiger partial charge in [-0.2, -0.15) is 0 Å². The van der Waals surface area contributed by atoms with Crippen molar-refractivity contribution in [3.63, 3.8) is 0 Å². The summed E-state index contributed by atoms with van der Waals surface area (Å²) in [6, 6.07) is 0. The SMILES string of the molecule is CC(C)C(=O)N1CCCC1.CCCC1CCC1(C)C.CCCCNCOCC(C)(C=O)[C@H](C)CC. The van der Waals surface area contributed by atoms with Crippen LogP contribution >= 0.6 is 0 Å². The van der Waals surface area contributed by atoms with Gasteiger partial charge in [0.1, 0.15) is 6.29 Å². The molecule has 1 aliphatic carbocycles. The Hall–Kier alpha value is -0.940. The van der Waals surface area contributed by atoms with Crippen LogP contribution in [0, 0.1) is 28.6 Å². The van der Waals surface area contributed by atoms with E-state index in [1.165, 1.54) is 51.4 Å². The van der Waals surface area contributed by atoms with Crippen LogP contribution in [0.15, 0.2) is 0 Å². The molecule has 0 aromatic rings.